The molecule has 1 rings (SSSR count). The van der Waals surface area contributed by atoms with Crippen LogP contribution in [0, 0.1) is 0 Å². The van der Waals surface area contributed by atoms with E-state index < -0.39 is 18.0 Å². The maximum absolute atomic E-state index is 12.1. The van der Waals surface area contributed by atoms with E-state index >= 15 is 0 Å². The van der Waals surface area contributed by atoms with Gasteiger partial charge in [-0.15, -0.1) is 13.2 Å². The van der Waals surface area contributed by atoms with Crippen LogP contribution in [0.2, 0.25) is 0 Å². The highest BCUT2D eigenvalue weighted by Gasteiger charge is 2.32. The zero-order valence-electron chi connectivity index (χ0n) is 8.95. The Morgan fingerprint density at radius 2 is 1.94 bits per heavy atom. The van der Waals surface area contributed by atoms with Crippen LogP contribution >= 0.6 is 12.2 Å². The minimum Gasteiger partial charge on any atom is -0.405 e. The molecule has 0 saturated heterocycles. The minimum absolute atomic E-state index is 0.0244. The van der Waals surface area contributed by atoms with Crippen LogP contribution in [0.15, 0.2) is 18.2 Å². The lowest BCUT2D eigenvalue weighted by Gasteiger charge is -2.13. The number of halogens is 3. The number of benzene rings is 1. The second-order valence-electron chi connectivity index (χ2n) is 3.38. The molecule has 1 amide bonds. The Hall–Kier alpha value is -1.83. The third kappa shape index (κ3) is 4.21. The molecule has 1 aromatic carbocycles. The highest BCUT2D eigenvalue weighted by molar-refractivity contribution is 7.80. The van der Waals surface area contributed by atoms with Gasteiger partial charge in [0.1, 0.15) is 5.75 Å². The average Bonchev–Trinajstić information content (AvgIpc) is 2.17. The topological polar surface area (TPSA) is 78.3 Å². The first kappa shape index (κ1) is 14.2. The maximum atomic E-state index is 12.1. The van der Waals surface area contributed by atoms with E-state index in [4.69, 9.17) is 11.5 Å². The molecule has 0 atom stereocenters. The van der Waals surface area contributed by atoms with Crippen LogP contribution in [0.5, 0.6) is 5.75 Å². The van der Waals surface area contributed by atoms with Crippen LogP contribution in [0.1, 0.15) is 15.9 Å². The highest BCUT2D eigenvalue weighted by atomic mass is 32.1. The third-order valence-electron chi connectivity index (χ3n) is 1.94. The van der Waals surface area contributed by atoms with Crippen molar-refractivity contribution < 1.29 is 22.7 Å². The van der Waals surface area contributed by atoms with Crippen molar-refractivity contribution in [2.24, 2.45) is 11.5 Å². The van der Waals surface area contributed by atoms with Gasteiger partial charge >= 0.3 is 6.36 Å². The molecule has 0 spiro atoms. The summed E-state index contributed by atoms with van der Waals surface area (Å²) in [6, 6.07) is 3.30. The summed E-state index contributed by atoms with van der Waals surface area (Å²) in [4.78, 5) is 10.9. The molecule has 0 aliphatic carbocycles. The molecule has 8 heteroatoms. The van der Waals surface area contributed by atoms with E-state index in [1.807, 2.05) is 0 Å². The molecule has 1 aromatic rings. The van der Waals surface area contributed by atoms with E-state index in [2.05, 4.69) is 17.0 Å². The van der Waals surface area contributed by atoms with Crippen molar-refractivity contribution in [1.82, 2.24) is 0 Å². The second-order valence-corrected chi connectivity index (χ2v) is 3.90. The zero-order chi connectivity index (χ0) is 13.9. The van der Waals surface area contributed by atoms with E-state index in [9.17, 15) is 18.0 Å². The summed E-state index contributed by atoms with van der Waals surface area (Å²) in [5, 5.41) is 0. The largest absolute Gasteiger partial charge is 0.573 e. The number of hydrogen-bond acceptors (Lipinski definition) is 3. The number of carbonyl (C=O) groups excluding carboxylic acids is 1. The van der Waals surface area contributed by atoms with Gasteiger partial charge in [-0.2, -0.15) is 0 Å². The first-order valence-corrected chi connectivity index (χ1v) is 5.06. The predicted molar refractivity (Wildman–Crippen MR) is 62.1 cm³/mol. The Kier molecular flexibility index (Phi) is 4.12. The highest BCUT2D eigenvalue weighted by Crippen LogP contribution is 2.27. The van der Waals surface area contributed by atoms with Crippen molar-refractivity contribution in [3.05, 3.63) is 29.3 Å². The number of primary amides is 1. The predicted octanol–water partition coefficient (Wildman–Crippen LogP) is 1.51. The summed E-state index contributed by atoms with van der Waals surface area (Å²) in [6.07, 6.45) is -4.96. The molecule has 4 N–H and O–H groups in total. The number of alkyl halides is 3. The van der Waals surface area contributed by atoms with Crippen molar-refractivity contribution in [1.29, 1.82) is 0 Å². The van der Waals surface area contributed by atoms with Gasteiger partial charge in [-0.05, 0) is 18.2 Å². The van der Waals surface area contributed by atoms with Crippen LogP contribution in [0.25, 0.3) is 0 Å². The Labute approximate surface area is 106 Å². The molecule has 0 radical (unpaired) electrons. The van der Waals surface area contributed by atoms with Crippen molar-refractivity contribution in [2.45, 2.75) is 12.8 Å². The molecular weight excluding hydrogens is 269 g/mol. The van der Waals surface area contributed by atoms with Gasteiger partial charge in [-0.25, -0.2) is 0 Å². The van der Waals surface area contributed by atoms with E-state index in [1.165, 1.54) is 6.07 Å². The molecule has 0 aliphatic rings. The van der Waals surface area contributed by atoms with Gasteiger partial charge < -0.3 is 16.2 Å². The molecule has 0 unspecified atom stereocenters. The summed E-state index contributed by atoms with van der Waals surface area (Å²) in [5.74, 6) is -1.22. The summed E-state index contributed by atoms with van der Waals surface area (Å²) in [5.41, 5.74) is 10.4. The fourth-order valence-electron chi connectivity index (χ4n) is 1.28. The fraction of sp³-hybridized carbons (Fsp3) is 0.200. The van der Waals surface area contributed by atoms with Crippen LogP contribution < -0.4 is 16.2 Å². The first-order chi connectivity index (χ1) is 8.19. The SMILES string of the molecule is NC(=O)c1ccc(OC(F)(F)F)c(CC(N)=S)c1. The number of thiocarbonyl (C=S) groups is 1. The fourth-order valence-corrected chi connectivity index (χ4v) is 1.44. The van der Waals surface area contributed by atoms with Crippen molar-refractivity contribution in [2.75, 3.05) is 0 Å². The van der Waals surface area contributed by atoms with E-state index in [-0.39, 0.29) is 22.5 Å². The van der Waals surface area contributed by atoms with E-state index in [1.54, 1.807) is 0 Å². The van der Waals surface area contributed by atoms with E-state index in [0.29, 0.717) is 0 Å². The van der Waals surface area contributed by atoms with Crippen LogP contribution in [0.4, 0.5) is 13.2 Å². The Bertz CT molecular complexity index is 489. The lowest BCUT2D eigenvalue weighted by Crippen LogP contribution is -2.20. The van der Waals surface area contributed by atoms with Crippen LogP contribution in [-0.4, -0.2) is 17.3 Å². The number of rotatable bonds is 4. The first-order valence-electron chi connectivity index (χ1n) is 4.66. The minimum atomic E-state index is -4.83. The molecule has 18 heavy (non-hydrogen) atoms. The number of nitrogens with two attached hydrogens (primary N) is 2. The van der Waals surface area contributed by atoms with Gasteiger partial charge in [0.25, 0.3) is 0 Å². The van der Waals surface area contributed by atoms with E-state index in [0.717, 1.165) is 12.1 Å². The summed E-state index contributed by atoms with van der Waals surface area (Å²) in [7, 11) is 0. The second kappa shape index (κ2) is 5.21. The average molecular weight is 278 g/mol. The van der Waals surface area contributed by atoms with Gasteiger partial charge in [0.2, 0.25) is 5.91 Å². The Morgan fingerprint density at radius 3 is 2.39 bits per heavy atom. The van der Waals surface area contributed by atoms with Gasteiger partial charge in [-0.3, -0.25) is 4.79 Å². The molecule has 4 nitrogen and oxygen atoms in total. The molecule has 98 valence electrons. The molecule has 0 fully saturated rings. The number of amides is 1. The zero-order valence-corrected chi connectivity index (χ0v) is 9.77. The van der Waals surface area contributed by atoms with Crippen molar-refractivity contribution in [3.8, 4) is 5.75 Å². The third-order valence-corrected chi connectivity index (χ3v) is 2.08. The molecular formula is C10H9F3N2O2S. The standard InChI is InChI=1S/C10H9F3N2O2S/c11-10(12,13)17-7-2-1-5(9(15)16)3-6(7)4-8(14)18/h1-3H,4H2,(H2,14,18)(H2,15,16). The number of ether oxygens (including phenoxy) is 1. The summed E-state index contributed by atoms with van der Waals surface area (Å²) >= 11 is 4.61. The van der Waals surface area contributed by atoms with Crippen LogP contribution in [0.3, 0.4) is 0 Å². The Morgan fingerprint density at radius 1 is 1.33 bits per heavy atom. The summed E-state index contributed by atoms with van der Waals surface area (Å²) in [6.45, 7) is 0. The molecule has 0 aromatic heterocycles. The number of carbonyl (C=O) groups is 1. The van der Waals surface area contributed by atoms with Gasteiger partial charge in [-0.1, -0.05) is 12.2 Å². The van der Waals surface area contributed by atoms with Crippen molar-refractivity contribution >= 4 is 23.1 Å². The normalized spacial score (nSPS) is 11.1. The lowest BCUT2D eigenvalue weighted by molar-refractivity contribution is -0.274. The quantitative estimate of drug-likeness (QED) is 0.818. The molecule has 0 heterocycles. The maximum Gasteiger partial charge on any atom is 0.573 e. The summed E-state index contributed by atoms with van der Waals surface area (Å²) < 4.78 is 40.2. The van der Waals surface area contributed by atoms with Gasteiger partial charge in [0, 0.05) is 17.5 Å². The Balaban J connectivity index is 3.16. The smallest absolute Gasteiger partial charge is 0.405 e. The van der Waals surface area contributed by atoms with Gasteiger partial charge in [0.15, 0.2) is 0 Å². The molecule has 0 bridgehead atoms. The molecule has 0 saturated carbocycles. The number of hydrogen-bond donors (Lipinski definition) is 2. The van der Waals surface area contributed by atoms with Crippen molar-refractivity contribution in [3.63, 3.8) is 0 Å². The van der Waals surface area contributed by atoms with Gasteiger partial charge in [0.05, 0.1) is 4.99 Å². The van der Waals surface area contributed by atoms with Crippen LogP contribution in [-0.2, 0) is 6.42 Å². The monoisotopic (exact) mass is 278 g/mol. The lowest BCUT2D eigenvalue weighted by atomic mass is 10.1. The molecule has 0 aliphatic heterocycles.